The van der Waals surface area contributed by atoms with Crippen molar-refractivity contribution in [2.75, 3.05) is 0 Å². The zero-order chi connectivity index (χ0) is 10.6. The first kappa shape index (κ1) is 12.1. The number of halogens is 3. The molecule has 0 aromatic rings. The Kier molecular flexibility index (Phi) is 4.49. The van der Waals surface area contributed by atoms with Crippen molar-refractivity contribution in [2.24, 2.45) is 5.92 Å². The first-order valence-corrected chi connectivity index (χ1v) is 5.04. The number of hydrogen-bond acceptors (Lipinski definition) is 4. The molecule has 0 amide bonds. The van der Waals surface area contributed by atoms with Gasteiger partial charge in [0, 0.05) is 17.3 Å². The van der Waals surface area contributed by atoms with Gasteiger partial charge in [0.25, 0.3) is 0 Å². The average molecular weight is 232 g/mol. The molecule has 0 bridgehead atoms. The van der Waals surface area contributed by atoms with Crippen LogP contribution in [0.25, 0.3) is 0 Å². The lowest BCUT2D eigenvalue weighted by atomic mass is 9.88. The molecule has 0 heterocycles. The third kappa shape index (κ3) is 3.64. The molecule has 1 rings (SSSR count). The smallest absolute Gasteiger partial charge is 0.220 e. The first-order chi connectivity index (χ1) is 6.54. The van der Waals surface area contributed by atoms with Gasteiger partial charge in [0.1, 0.15) is 0 Å². The molecule has 0 saturated heterocycles. The van der Waals surface area contributed by atoms with Gasteiger partial charge in [-0.3, -0.25) is 0 Å². The monoisotopic (exact) mass is 232 g/mol. The number of alkyl halides is 3. The second-order valence-electron chi connectivity index (χ2n) is 3.27. The van der Waals surface area contributed by atoms with E-state index in [0.29, 0.717) is 12.8 Å². The summed E-state index contributed by atoms with van der Waals surface area (Å²) in [4.78, 5) is 0. The lowest BCUT2D eigenvalue weighted by molar-refractivity contribution is -0.432. The Labute approximate surface area is 83.6 Å². The molecule has 0 spiro atoms. The van der Waals surface area contributed by atoms with Gasteiger partial charge in [0.05, 0.1) is 5.92 Å². The molecule has 1 N–H and O–H groups in total. The molecule has 14 heavy (non-hydrogen) atoms. The lowest BCUT2D eigenvalue weighted by Gasteiger charge is -2.28. The summed E-state index contributed by atoms with van der Waals surface area (Å²) >= 11 is 0.745. The third-order valence-electron chi connectivity index (χ3n) is 2.29. The summed E-state index contributed by atoms with van der Waals surface area (Å²) in [6, 6.07) is 0. The molecule has 1 aliphatic rings. The van der Waals surface area contributed by atoms with Crippen molar-refractivity contribution >= 4 is 12.0 Å². The molecule has 2 atom stereocenters. The van der Waals surface area contributed by atoms with Crippen molar-refractivity contribution < 1.29 is 27.8 Å². The van der Waals surface area contributed by atoms with Crippen LogP contribution in [0, 0.1) is 5.92 Å². The third-order valence-corrected chi connectivity index (χ3v) is 3.13. The van der Waals surface area contributed by atoms with Crippen molar-refractivity contribution in [3.05, 3.63) is 0 Å². The topological polar surface area (TPSA) is 38.7 Å². The minimum Gasteiger partial charge on any atom is -0.220 e. The molecule has 7 heteroatoms. The standard InChI is InChI=1S/C7H11F3O3S/c8-7(9,10)5-2-1-3-6(4-5)14-13-12-11/h5-6,11H,1-4H2. The van der Waals surface area contributed by atoms with E-state index < -0.39 is 12.1 Å². The van der Waals surface area contributed by atoms with E-state index in [2.05, 4.69) is 9.37 Å². The Hall–Kier alpha value is 0.0200. The molecular weight excluding hydrogens is 221 g/mol. The summed E-state index contributed by atoms with van der Waals surface area (Å²) in [7, 11) is 0. The van der Waals surface area contributed by atoms with Crippen LogP contribution in [-0.2, 0) is 9.37 Å². The highest BCUT2D eigenvalue weighted by Crippen LogP contribution is 2.41. The van der Waals surface area contributed by atoms with E-state index in [1.165, 1.54) is 0 Å². The van der Waals surface area contributed by atoms with Crippen LogP contribution in [0.4, 0.5) is 13.2 Å². The van der Waals surface area contributed by atoms with E-state index in [9.17, 15) is 13.2 Å². The predicted octanol–water partition coefficient (Wildman–Crippen LogP) is 3.18. The fourth-order valence-electron chi connectivity index (χ4n) is 1.60. The molecule has 2 unspecified atom stereocenters. The Morgan fingerprint density at radius 1 is 1.29 bits per heavy atom. The Balaban J connectivity index is 2.36. The van der Waals surface area contributed by atoms with Crippen molar-refractivity contribution in [2.45, 2.75) is 37.1 Å². The van der Waals surface area contributed by atoms with Gasteiger partial charge in [-0.2, -0.15) is 13.2 Å². The Morgan fingerprint density at radius 3 is 2.57 bits per heavy atom. The molecule has 0 aromatic carbocycles. The largest absolute Gasteiger partial charge is 0.391 e. The van der Waals surface area contributed by atoms with Crippen LogP contribution in [0.15, 0.2) is 0 Å². The fraction of sp³-hybridized carbons (Fsp3) is 1.00. The van der Waals surface area contributed by atoms with Gasteiger partial charge in [-0.05, 0) is 19.3 Å². The molecule has 1 aliphatic carbocycles. The maximum absolute atomic E-state index is 12.3. The van der Waals surface area contributed by atoms with E-state index in [-0.39, 0.29) is 18.1 Å². The van der Waals surface area contributed by atoms with Crippen LogP contribution in [0.2, 0.25) is 0 Å². The zero-order valence-electron chi connectivity index (χ0n) is 7.29. The van der Waals surface area contributed by atoms with Crippen molar-refractivity contribution in [3.63, 3.8) is 0 Å². The zero-order valence-corrected chi connectivity index (χ0v) is 8.11. The fourth-order valence-corrected chi connectivity index (χ4v) is 2.32. The first-order valence-electron chi connectivity index (χ1n) is 4.24. The van der Waals surface area contributed by atoms with E-state index in [4.69, 9.17) is 5.26 Å². The normalized spacial score (nSPS) is 29.1. The van der Waals surface area contributed by atoms with Gasteiger partial charge in [-0.1, -0.05) is 11.5 Å². The molecule has 0 aliphatic heterocycles. The van der Waals surface area contributed by atoms with Crippen LogP contribution in [0.5, 0.6) is 0 Å². The maximum atomic E-state index is 12.3. The molecule has 1 saturated carbocycles. The SMILES string of the molecule is OOOSC1CCCC(C(F)(F)F)C1. The quantitative estimate of drug-likeness (QED) is 0.461. The van der Waals surface area contributed by atoms with E-state index in [1.807, 2.05) is 0 Å². The van der Waals surface area contributed by atoms with E-state index >= 15 is 0 Å². The second-order valence-corrected chi connectivity index (χ2v) is 4.26. The highest BCUT2D eigenvalue weighted by Gasteiger charge is 2.42. The van der Waals surface area contributed by atoms with E-state index in [1.54, 1.807) is 0 Å². The summed E-state index contributed by atoms with van der Waals surface area (Å²) in [5.41, 5.74) is 0. The Bertz CT molecular complexity index is 176. The highest BCUT2D eigenvalue weighted by molar-refractivity contribution is 7.95. The van der Waals surface area contributed by atoms with Gasteiger partial charge in [-0.25, -0.2) is 5.26 Å². The average Bonchev–Trinajstić information content (AvgIpc) is 2.14. The highest BCUT2D eigenvalue weighted by atomic mass is 32.2. The predicted molar refractivity (Wildman–Crippen MR) is 44.2 cm³/mol. The van der Waals surface area contributed by atoms with Crippen LogP contribution < -0.4 is 0 Å². The van der Waals surface area contributed by atoms with Crippen molar-refractivity contribution in [1.29, 1.82) is 0 Å². The summed E-state index contributed by atoms with van der Waals surface area (Å²) in [6.07, 6.45) is -2.74. The van der Waals surface area contributed by atoms with Crippen LogP contribution in [0.3, 0.4) is 0 Å². The summed E-state index contributed by atoms with van der Waals surface area (Å²) in [6.45, 7) is 0. The van der Waals surface area contributed by atoms with Crippen LogP contribution >= 0.6 is 12.0 Å². The summed E-state index contributed by atoms with van der Waals surface area (Å²) < 4.78 is 41.1. The molecule has 1 fully saturated rings. The van der Waals surface area contributed by atoms with Gasteiger partial charge in [-0.15, -0.1) is 4.33 Å². The molecule has 3 nitrogen and oxygen atoms in total. The van der Waals surface area contributed by atoms with E-state index in [0.717, 1.165) is 12.0 Å². The molecule has 84 valence electrons. The molecule has 0 radical (unpaired) electrons. The van der Waals surface area contributed by atoms with Gasteiger partial charge in [0.15, 0.2) is 0 Å². The minimum atomic E-state index is -4.13. The van der Waals surface area contributed by atoms with Gasteiger partial charge in [0.2, 0.25) is 0 Å². The van der Waals surface area contributed by atoms with Gasteiger partial charge < -0.3 is 0 Å². The maximum Gasteiger partial charge on any atom is 0.391 e. The second kappa shape index (κ2) is 5.20. The van der Waals surface area contributed by atoms with Gasteiger partial charge >= 0.3 is 6.18 Å². The lowest BCUT2D eigenvalue weighted by Crippen LogP contribution is -2.29. The number of hydrogen-bond donors (Lipinski definition) is 1. The van der Waals surface area contributed by atoms with Crippen molar-refractivity contribution in [3.8, 4) is 0 Å². The minimum absolute atomic E-state index is 0.0253. The summed E-state index contributed by atoms with van der Waals surface area (Å²) in [5.74, 6) is -1.25. The Morgan fingerprint density at radius 2 is 2.00 bits per heavy atom. The summed E-state index contributed by atoms with van der Waals surface area (Å²) in [5, 5.41) is 10.9. The molecule has 0 aromatic heterocycles. The van der Waals surface area contributed by atoms with Crippen molar-refractivity contribution in [1.82, 2.24) is 0 Å². The number of rotatable bonds is 3. The van der Waals surface area contributed by atoms with Crippen LogP contribution in [-0.4, -0.2) is 16.7 Å². The van der Waals surface area contributed by atoms with Crippen LogP contribution in [0.1, 0.15) is 25.7 Å². The molecular formula is C7H11F3O3S.